The van der Waals surface area contributed by atoms with Crippen LogP contribution in [-0.4, -0.2) is 11.5 Å². The van der Waals surface area contributed by atoms with Crippen LogP contribution in [-0.2, 0) is 0 Å². The maximum Gasteiger partial charge on any atom is 0.125 e. The number of halogens is 1. The molecule has 0 saturated carbocycles. The standard InChI is InChI=1S/C11H12BrN3/c1-7-6-10(14-15-11(7)13)8-4-2-3-5-9(8)12/h2-5,7H,6H2,1H3,(H2,13,15). The maximum absolute atomic E-state index is 5.69. The Hall–Kier alpha value is -1.16. The molecular formula is C11H12BrN3. The van der Waals surface area contributed by atoms with Crippen LogP contribution >= 0.6 is 15.9 Å². The molecule has 1 unspecified atom stereocenters. The van der Waals surface area contributed by atoms with E-state index in [0.29, 0.717) is 5.84 Å². The van der Waals surface area contributed by atoms with E-state index in [0.717, 1.165) is 22.2 Å². The predicted octanol–water partition coefficient (Wildman–Crippen LogP) is 2.55. The highest BCUT2D eigenvalue weighted by atomic mass is 79.9. The van der Waals surface area contributed by atoms with Crippen LogP contribution in [0, 0.1) is 5.92 Å². The summed E-state index contributed by atoms with van der Waals surface area (Å²) >= 11 is 3.51. The quantitative estimate of drug-likeness (QED) is 0.834. The number of hydrogen-bond donors (Lipinski definition) is 1. The largest absolute Gasteiger partial charge is 0.385 e. The summed E-state index contributed by atoms with van der Waals surface area (Å²) in [7, 11) is 0. The summed E-state index contributed by atoms with van der Waals surface area (Å²) in [6, 6.07) is 8.02. The van der Waals surface area contributed by atoms with Crippen LogP contribution in [0.25, 0.3) is 0 Å². The van der Waals surface area contributed by atoms with Gasteiger partial charge in [0.05, 0.1) is 5.71 Å². The molecule has 2 rings (SSSR count). The van der Waals surface area contributed by atoms with E-state index in [1.165, 1.54) is 0 Å². The smallest absolute Gasteiger partial charge is 0.125 e. The van der Waals surface area contributed by atoms with Crippen LogP contribution < -0.4 is 5.73 Å². The Bertz CT molecular complexity index is 437. The second-order valence-electron chi connectivity index (χ2n) is 3.66. The summed E-state index contributed by atoms with van der Waals surface area (Å²) in [5.41, 5.74) is 7.78. The monoisotopic (exact) mass is 265 g/mol. The first-order valence-corrected chi connectivity index (χ1v) is 5.62. The van der Waals surface area contributed by atoms with Crippen molar-refractivity contribution < 1.29 is 0 Å². The van der Waals surface area contributed by atoms with Crippen molar-refractivity contribution in [1.82, 2.24) is 0 Å². The lowest BCUT2D eigenvalue weighted by atomic mass is 9.97. The van der Waals surface area contributed by atoms with E-state index in [4.69, 9.17) is 5.73 Å². The fourth-order valence-corrected chi connectivity index (χ4v) is 2.02. The van der Waals surface area contributed by atoms with E-state index < -0.39 is 0 Å². The average Bonchev–Trinajstić information content (AvgIpc) is 2.23. The minimum Gasteiger partial charge on any atom is -0.385 e. The van der Waals surface area contributed by atoms with Crippen molar-refractivity contribution in [3.63, 3.8) is 0 Å². The zero-order chi connectivity index (χ0) is 10.8. The van der Waals surface area contributed by atoms with Gasteiger partial charge in [0.25, 0.3) is 0 Å². The van der Waals surface area contributed by atoms with Crippen LogP contribution in [0.2, 0.25) is 0 Å². The summed E-state index contributed by atoms with van der Waals surface area (Å²) in [4.78, 5) is 0. The third kappa shape index (κ3) is 2.09. The average molecular weight is 266 g/mol. The highest BCUT2D eigenvalue weighted by Gasteiger charge is 2.18. The minimum atomic E-state index is 0.268. The molecule has 0 amide bonds. The summed E-state index contributed by atoms with van der Waals surface area (Å²) in [5, 5.41) is 8.11. The highest BCUT2D eigenvalue weighted by molar-refractivity contribution is 9.10. The molecule has 1 aliphatic heterocycles. The van der Waals surface area contributed by atoms with Crippen LogP contribution in [0.3, 0.4) is 0 Å². The summed E-state index contributed by atoms with van der Waals surface area (Å²) in [6.07, 6.45) is 0.845. The first kappa shape index (κ1) is 10.4. The van der Waals surface area contributed by atoms with E-state index >= 15 is 0 Å². The van der Waals surface area contributed by atoms with Crippen molar-refractivity contribution in [1.29, 1.82) is 0 Å². The van der Waals surface area contributed by atoms with E-state index in [2.05, 4.69) is 33.1 Å². The molecule has 4 heteroatoms. The molecule has 3 nitrogen and oxygen atoms in total. The van der Waals surface area contributed by atoms with Gasteiger partial charge in [-0.25, -0.2) is 0 Å². The third-order valence-corrected chi connectivity index (χ3v) is 3.17. The predicted molar refractivity (Wildman–Crippen MR) is 66.1 cm³/mol. The summed E-state index contributed by atoms with van der Waals surface area (Å²) < 4.78 is 1.05. The molecule has 0 saturated heterocycles. The van der Waals surface area contributed by atoms with Gasteiger partial charge >= 0.3 is 0 Å². The van der Waals surface area contributed by atoms with Crippen molar-refractivity contribution in [3.05, 3.63) is 34.3 Å². The molecule has 0 radical (unpaired) electrons. The molecule has 1 aromatic rings. The van der Waals surface area contributed by atoms with Crippen molar-refractivity contribution in [2.75, 3.05) is 0 Å². The lowest BCUT2D eigenvalue weighted by molar-refractivity contribution is 0.779. The number of benzene rings is 1. The molecule has 1 atom stereocenters. The van der Waals surface area contributed by atoms with Crippen molar-refractivity contribution >= 4 is 27.5 Å². The van der Waals surface area contributed by atoms with Gasteiger partial charge < -0.3 is 5.73 Å². The lowest BCUT2D eigenvalue weighted by Gasteiger charge is -2.16. The van der Waals surface area contributed by atoms with Crippen LogP contribution in [0.15, 0.2) is 38.9 Å². The van der Waals surface area contributed by atoms with Gasteiger partial charge in [0.15, 0.2) is 0 Å². The first-order chi connectivity index (χ1) is 7.18. The van der Waals surface area contributed by atoms with Gasteiger partial charge in [0.2, 0.25) is 0 Å². The first-order valence-electron chi connectivity index (χ1n) is 4.83. The fourth-order valence-electron chi connectivity index (χ4n) is 1.51. The molecular weight excluding hydrogens is 254 g/mol. The lowest BCUT2D eigenvalue weighted by Crippen LogP contribution is -2.26. The third-order valence-electron chi connectivity index (χ3n) is 2.48. The maximum atomic E-state index is 5.69. The molecule has 1 heterocycles. The molecule has 2 N–H and O–H groups in total. The molecule has 0 fully saturated rings. The zero-order valence-corrected chi connectivity index (χ0v) is 10.0. The normalized spacial score (nSPS) is 20.8. The van der Waals surface area contributed by atoms with Crippen LogP contribution in [0.1, 0.15) is 18.9 Å². The number of nitrogens with two attached hydrogens (primary N) is 1. The van der Waals surface area contributed by atoms with Gasteiger partial charge in [0.1, 0.15) is 5.84 Å². The molecule has 0 bridgehead atoms. The Balaban J connectivity index is 2.38. The van der Waals surface area contributed by atoms with Gasteiger partial charge in [-0.3, -0.25) is 0 Å². The number of nitrogens with zero attached hydrogens (tertiary/aromatic N) is 2. The van der Waals surface area contributed by atoms with Crippen molar-refractivity contribution in [2.24, 2.45) is 21.9 Å². The minimum absolute atomic E-state index is 0.268. The van der Waals surface area contributed by atoms with E-state index in [1.807, 2.05) is 24.3 Å². The topological polar surface area (TPSA) is 50.7 Å². The van der Waals surface area contributed by atoms with Gasteiger partial charge in [-0.05, 0) is 6.07 Å². The number of hydrogen-bond acceptors (Lipinski definition) is 3. The molecule has 1 aromatic carbocycles. The zero-order valence-electron chi connectivity index (χ0n) is 8.44. The SMILES string of the molecule is CC1CC(c2ccccc2Br)=NN=C1N. The van der Waals surface area contributed by atoms with E-state index in [9.17, 15) is 0 Å². The Morgan fingerprint density at radius 2 is 2.07 bits per heavy atom. The molecule has 15 heavy (non-hydrogen) atoms. The van der Waals surface area contributed by atoms with E-state index in [1.54, 1.807) is 0 Å². The van der Waals surface area contributed by atoms with Gasteiger partial charge in [-0.15, -0.1) is 5.10 Å². The number of amidine groups is 1. The van der Waals surface area contributed by atoms with Crippen molar-refractivity contribution in [3.8, 4) is 0 Å². The summed E-state index contributed by atoms with van der Waals surface area (Å²) in [6.45, 7) is 2.06. The Morgan fingerprint density at radius 3 is 2.73 bits per heavy atom. The Labute approximate surface area is 97.2 Å². The van der Waals surface area contributed by atoms with Gasteiger partial charge in [-0.1, -0.05) is 41.1 Å². The second-order valence-corrected chi connectivity index (χ2v) is 4.51. The Morgan fingerprint density at radius 1 is 1.33 bits per heavy atom. The van der Waals surface area contributed by atoms with Gasteiger partial charge in [0, 0.05) is 22.4 Å². The fraction of sp³-hybridized carbons (Fsp3) is 0.273. The van der Waals surface area contributed by atoms with E-state index in [-0.39, 0.29) is 5.92 Å². The van der Waals surface area contributed by atoms with Crippen molar-refractivity contribution in [2.45, 2.75) is 13.3 Å². The Kier molecular flexibility index (Phi) is 2.86. The highest BCUT2D eigenvalue weighted by Crippen LogP contribution is 2.22. The summed E-state index contributed by atoms with van der Waals surface area (Å²) in [5.74, 6) is 0.885. The van der Waals surface area contributed by atoms with Crippen LogP contribution in [0.5, 0.6) is 0 Å². The molecule has 0 spiro atoms. The number of rotatable bonds is 1. The second kappa shape index (κ2) is 4.14. The van der Waals surface area contributed by atoms with Crippen LogP contribution in [0.4, 0.5) is 0 Å². The van der Waals surface area contributed by atoms with Gasteiger partial charge in [-0.2, -0.15) is 5.10 Å². The molecule has 0 aromatic heterocycles. The molecule has 0 aliphatic carbocycles. The molecule has 78 valence electrons. The molecule has 1 aliphatic rings.